The van der Waals surface area contributed by atoms with Crippen molar-refractivity contribution in [2.24, 2.45) is 16.3 Å². The number of hydrogen-bond donors (Lipinski definition) is 4. The fourth-order valence-electron chi connectivity index (χ4n) is 6.54. The number of nitrogens with one attached hydrogen (secondary N) is 4. The van der Waals surface area contributed by atoms with E-state index in [4.69, 9.17) is 21.1 Å². The number of ketones is 1. The van der Waals surface area contributed by atoms with Crippen molar-refractivity contribution in [2.75, 3.05) is 19.7 Å². The van der Waals surface area contributed by atoms with E-state index in [2.05, 4.69) is 31.2 Å². The molecule has 3 heterocycles. The van der Waals surface area contributed by atoms with Crippen LogP contribution in [0.3, 0.4) is 0 Å². The second kappa shape index (κ2) is 15.5. The molecule has 50 heavy (non-hydrogen) atoms. The van der Waals surface area contributed by atoms with Crippen LogP contribution in [-0.4, -0.2) is 101 Å². The van der Waals surface area contributed by atoms with Crippen molar-refractivity contribution in [3.8, 4) is 5.88 Å². The van der Waals surface area contributed by atoms with Gasteiger partial charge in [0.05, 0.1) is 23.7 Å². The third-order valence-electron chi connectivity index (χ3n) is 9.47. The summed E-state index contributed by atoms with van der Waals surface area (Å²) in [5.41, 5.74) is -1.18. The maximum atomic E-state index is 14.5. The van der Waals surface area contributed by atoms with E-state index in [1.807, 2.05) is 34.6 Å². The molecule has 0 radical (unpaired) electrons. The number of rotatable bonds is 12. The van der Waals surface area contributed by atoms with Crippen LogP contribution in [0.5, 0.6) is 5.88 Å². The van der Waals surface area contributed by atoms with Gasteiger partial charge in [0.25, 0.3) is 11.9 Å². The first-order valence-electron chi connectivity index (χ1n) is 17.6. The molecule has 14 nitrogen and oxygen atoms in total. The van der Waals surface area contributed by atoms with Gasteiger partial charge in [0.2, 0.25) is 29.4 Å². The summed E-state index contributed by atoms with van der Waals surface area (Å²) >= 11 is 5.99. The van der Waals surface area contributed by atoms with E-state index in [0.29, 0.717) is 17.7 Å². The van der Waals surface area contributed by atoms with Crippen LogP contribution in [0.2, 0.25) is 5.02 Å². The Morgan fingerprint density at radius 3 is 2.40 bits per heavy atom. The van der Waals surface area contributed by atoms with Crippen LogP contribution in [0, 0.1) is 11.3 Å². The van der Waals surface area contributed by atoms with Crippen LogP contribution in [-0.2, 0) is 28.7 Å². The van der Waals surface area contributed by atoms with Crippen LogP contribution < -0.4 is 26.0 Å². The van der Waals surface area contributed by atoms with E-state index in [-0.39, 0.29) is 36.7 Å². The molecular formula is C35H50ClN7O7. The van der Waals surface area contributed by atoms with Crippen molar-refractivity contribution in [3.63, 3.8) is 0 Å². The summed E-state index contributed by atoms with van der Waals surface area (Å²) in [6, 6.07) is 0.762. The summed E-state index contributed by atoms with van der Waals surface area (Å²) < 4.78 is 11.9. The van der Waals surface area contributed by atoms with E-state index < -0.39 is 65.2 Å². The Morgan fingerprint density at radius 1 is 1.08 bits per heavy atom. The standard InChI is InChI=1S/C35H50ClN7O7/c1-34(2,3)28(41-31(47)27(20-9-7-6-8-10-20)40-33-42-35(4,5)19-49-33)32(48)43-18-23(50-26-14-11-21(36)16-37-26)15-24(43)29(45)38-17-25(44)30(46)39-22-12-13-22/h11,14,16,20,22-24,27-28H,6-10,12-13,15,17-19H2,1-5H3,(H,38,45)(H,39,46)(H,40,42)(H,41,47)/t23-,24+,27+,28-/m1/s1. The minimum atomic E-state index is -1.04. The average molecular weight is 716 g/mol. The number of Topliss-reactive ketones (excluding diaryl/α,β-unsaturated/α-hetero) is 1. The monoisotopic (exact) mass is 715 g/mol. The number of halogens is 1. The number of nitrogens with zero attached hydrogens (tertiary/aromatic N) is 3. The molecule has 3 fully saturated rings. The molecule has 1 saturated heterocycles. The smallest absolute Gasteiger partial charge is 0.289 e. The molecule has 0 unspecified atom stereocenters. The van der Waals surface area contributed by atoms with Gasteiger partial charge in [-0.1, -0.05) is 51.6 Å². The fraction of sp³-hybridized carbons (Fsp3) is 0.686. The van der Waals surface area contributed by atoms with E-state index in [9.17, 15) is 24.0 Å². The topological polar surface area (TPSA) is 180 Å². The summed E-state index contributed by atoms with van der Waals surface area (Å²) in [4.78, 5) is 77.2. The van der Waals surface area contributed by atoms with Gasteiger partial charge in [0.1, 0.15) is 30.8 Å². The lowest BCUT2D eigenvalue weighted by Crippen LogP contribution is -2.61. The van der Waals surface area contributed by atoms with Crippen molar-refractivity contribution in [2.45, 2.75) is 122 Å². The molecule has 1 aromatic heterocycles. The minimum absolute atomic E-state index is 0.00698. The predicted molar refractivity (Wildman–Crippen MR) is 185 cm³/mol. The Balaban J connectivity index is 1.34. The van der Waals surface area contributed by atoms with Crippen LogP contribution in [0.4, 0.5) is 0 Å². The van der Waals surface area contributed by atoms with E-state index in [1.165, 1.54) is 11.1 Å². The molecule has 0 spiro atoms. The second-order valence-corrected chi connectivity index (χ2v) is 16.0. The number of aliphatic imine (C=N–C) groups is 1. The molecule has 4 N–H and O–H groups in total. The molecular weight excluding hydrogens is 666 g/mol. The van der Waals surface area contributed by atoms with E-state index in [1.54, 1.807) is 12.1 Å². The lowest BCUT2D eigenvalue weighted by Gasteiger charge is -2.37. The third kappa shape index (κ3) is 9.85. The highest BCUT2D eigenvalue weighted by Crippen LogP contribution is 2.31. The Bertz CT molecular complexity index is 1470. The van der Waals surface area contributed by atoms with Gasteiger partial charge in [-0.2, -0.15) is 0 Å². The van der Waals surface area contributed by atoms with Crippen LogP contribution in [0.1, 0.15) is 86.0 Å². The highest BCUT2D eigenvalue weighted by Gasteiger charge is 2.47. The fourth-order valence-corrected chi connectivity index (χ4v) is 6.65. The lowest BCUT2D eigenvalue weighted by atomic mass is 9.82. The number of ether oxygens (including phenoxy) is 2. The molecule has 4 amide bonds. The average Bonchev–Trinajstić information content (AvgIpc) is 3.67. The molecule has 1 aromatic rings. The first-order valence-corrected chi connectivity index (χ1v) is 18.0. The first-order chi connectivity index (χ1) is 23.6. The van der Waals surface area contributed by atoms with Gasteiger partial charge in [0, 0.05) is 24.7 Å². The molecule has 2 aliphatic carbocycles. The number of hydrogen-bond acceptors (Lipinski definition) is 10. The molecule has 2 saturated carbocycles. The van der Waals surface area contributed by atoms with Gasteiger partial charge < -0.3 is 35.6 Å². The molecule has 274 valence electrons. The van der Waals surface area contributed by atoms with Crippen LogP contribution in [0.15, 0.2) is 23.3 Å². The summed E-state index contributed by atoms with van der Waals surface area (Å²) in [5.74, 6) is -2.69. The van der Waals surface area contributed by atoms with Crippen molar-refractivity contribution in [3.05, 3.63) is 23.4 Å². The SMILES string of the molecule is CC1(C)COC(N[C@H](C(=O)N[C@H](C(=O)N2C[C@H](Oc3ccc(Cl)cn3)C[C@H]2C(=O)NCC(=O)C(=O)NC2CC2)C(C)(C)C)C2CCCCC2)=N1. The van der Waals surface area contributed by atoms with E-state index >= 15 is 0 Å². The van der Waals surface area contributed by atoms with Gasteiger partial charge in [0.15, 0.2) is 0 Å². The third-order valence-corrected chi connectivity index (χ3v) is 9.70. The zero-order valence-electron chi connectivity index (χ0n) is 29.6. The maximum Gasteiger partial charge on any atom is 0.289 e. The Morgan fingerprint density at radius 2 is 1.80 bits per heavy atom. The summed E-state index contributed by atoms with van der Waals surface area (Å²) in [6.45, 7) is 9.33. The van der Waals surface area contributed by atoms with Gasteiger partial charge in [-0.15, -0.1) is 0 Å². The Labute approximate surface area is 298 Å². The van der Waals surface area contributed by atoms with Crippen molar-refractivity contribution >= 4 is 47.0 Å². The number of carbonyl (C=O) groups is 5. The predicted octanol–water partition coefficient (Wildman–Crippen LogP) is 2.28. The number of pyridine rings is 1. The first kappa shape index (κ1) is 37.3. The Hall–Kier alpha value is -3.94. The molecule has 2 aliphatic heterocycles. The van der Waals surface area contributed by atoms with Crippen molar-refractivity contribution in [1.29, 1.82) is 0 Å². The van der Waals surface area contributed by atoms with Gasteiger partial charge in [-0.3, -0.25) is 24.0 Å². The number of carbonyl (C=O) groups excluding carboxylic acids is 5. The van der Waals surface area contributed by atoms with Crippen LogP contribution >= 0.6 is 11.6 Å². The van der Waals surface area contributed by atoms with Gasteiger partial charge in [-0.25, -0.2) is 9.98 Å². The summed E-state index contributed by atoms with van der Waals surface area (Å²) in [7, 11) is 0. The Kier molecular flexibility index (Phi) is 11.6. The summed E-state index contributed by atoms with van der Waals surface area (Å²) in [5, 5.41) is 11.9. The molecule has 0 bridgehead atoms. The van der Waals surface area contributed by atoms with Crippen LogP contribution in [0.25, 0.3) is 0 Å². The molecule has 0 aromatic carbocycles. The van der Waals surface area contributed by atoms with Gasteiger partial charge in [-0.05, 0) is 56.9 Å². The molecule has 5 rings (SSSR count). The highest BCUT2D eigenvalue weighted by atomic mass is 35.5. The zero-order chi connectivity index (χ0) is 36.2. The largest absolute Gasteiger partial charge is 0.472 e. The normalized spacial score (nSPS) is 23.2. The highest BCUT2D eigenvalue weighted by molar-refractivity contribution is 6.37. The zero-order valence-corrected chi connectivity index (χ0v) is 30.3. The quantitative estimate of drug-likeness (QED) is 0.236. The summed E-state index contributed by atoms with van der Waals surface area (Å²) in [6.07, 6.45) is 7.31. The van der Waals surface area contributed by atoms with Gasteiger partial charge >= 0.3 is 0 Å². The number of likely N-dealkylation sites (tertiary alicyclic amines) is 1. The molecule has 4 atom stereocenters. The molecule has 15 heteroatoms. The number of aromatic nitrogens is 1. The number of amides is 4. The number of amidine groups is 1. The van der Waals surface area contributed by atoms with Crippen molar-refractivity contribution < 1.29 is 33.4 Å². The lowest BCUT2D eigenvalue weighted by molar-refractivity contribution is -0.144. The second-order valence-electron chi connectivity index (χ2n) is 15.5. The molecule has 4 aliphatic rings. The van der Waals surface area contributed by atoms with E-state index in [0.717, 1.165) is 44.9 Å². The van der Waals surface area contributed by atoms with Crippen molar-refractivity contribution in [1.82, 2.24) is 31.2 Å². The minimum Gasteiger partial charge on any atom is -0.472 e. The maximum absolute atomic E-state index is 14.5.